The van der Waals surface area contributed by atoms with E-state index in [9.17, 15) is 0 Å². The van der Waals surface area contributed by atoms with Crippen molar-refractivity contribution in [3.05, 3.63) is 52.7 Å². The van der Waals surface area contributed by atoms with Gasteiger partial charge in [0.05, 0.1) is 65.5 Å². The van der Waals surface area contributed by atoms with E-state index in [1.165, 1.54) is 0 Å². The normalized spacial score (nSPS) is 20.1. The van der Waals surface area contributed by atoms with Crippen LogP contribution in [0, 0.1) is 13.8 Å². The van der Waals surface area contributed by atoms with Crippen molar-refractivity contribution in [3.8, 4) is 16.9 Å². The minimum Gasteiger partial charge on any atom is -0.377 e. The Bertz CT molecular complexity index is 1430. The van der Waals surface area contributed by atoms with E-state index in [2.05, 4.69) is 40.3 Å². The number of hydrogen-bond donors (Lipinski definition) is 1. The molecule has 6 heterocycles. The van der Waals surface area contributed by atoms with Crippen LogP contribution in [0.25, 0.3) is 22.6 Å². The first-order chi connectivity index (χ1) is 17.0. The summed E-state index contributed by atoms with van der Waals surface area (Å²) in [4.78, 5) is 11.6. The number of nitrogens with zero attached hydrogens (tertiary/aromatic N) is 8. The van der Waals surface area contributed by atoms with Crippen molar-refractivity contribution in [2.24, 2.45) is 5.10 Å². The summed E-state index contributed by atoms with van der Waals surface area (Å²) in [5, 5.41) is 14.4. The molecule has 2 aliphatic rings. The highest BCUT2D eigenvalue weighted by Crippen LogP contribution is 2.34. The number of morpholine rings is 1. The Labute approximate surface area is 207 Å². The molecule has 2 atom stereocenters. The highest BCUT2D eigenvalue weighted by molar-refractivity contribution is 6.30. The van der Waals surface area contributed by atoms with Crippen molar-refractivity contribution in [2.75, 3.05) is 24.7 Å². The molecule has 35 heavy (non-hydrogen) atoms. The third-order valence-electron chi connectivity index (χ3n) is 6.67. The molecule has 4 aromatic heterocycles. The predicted molar refractivity (Wildman–Crippen MR) is 134 cm³/mol. The molecular weight excluding hydrogens is 466 g/mol. The van der Waals surface area contributed by atoms with Gasteiger partial charge in [0.25, 0.3) is 0 Å². The standard InChI is InChI=1S/C24H26ClN9O/c1-14-13-35-7-6-32(14)22-9-21(34-24(29-22)19(12-28-34)20-4-5-27-30-20)23-15(2)31-33(16(23)3)18-8-17(25)10-26-11-18/h5,8-12,14,20,30H,4,6-7,13H2,1-3H3. The number of hydrazone groups is 1. The van der Waals surface area contributed by atoms with Gasteiger partial charge < -0.3 is 15.1 Å². The number of rotatable bonds is 4. The summed E-state index contributed by atoms with van der Waals surface area (Å²) in [6.07, 6.45) is 7.96. The maximum absolute atomic E-state index is 6.22. The van der Waals surface area contributed by atoms with E-state index in [1.54, 1.807) is 12.4 Å². The molecule has 1 saturated heterocycles. The number of aromatic nitrogens is 6. The fraction of sp³-hybridized carbons (Fsp3) is 0.375. The topological polar surface area (TPSA) is 97.8 Å². The first-order valence-corrected chi connectivity index (χ1v) is 12.1. The van der Waals surface area contributed by atoms with Crippen LogP contribution in [0.3, 0.4) is 0 Å². The van der Waals surface area contributed by atoms with Crippen LogP contribution in [0.1, 0.15) is 36.3 Å². The van der Waals surface area contributed by atoms with Gasteiger partial charge in [0.15, 0.2) is 5.65 Å². The van der Waals surface area contributed by atoms with Crippen molar-refractivity contribution in [1.82, 2.24) is 34.8 Å². The van der Waals surface area contributed by atoms with Gasteiger partial charge in [-0.1, -0.05) is 11.6 Å². The van der Waals surface area contributed by atoms with Crippen molar-refractivity contribution < 1.29 is 4.74 Å². The van der Waals surface area contributed by atoms with Gasteiger partial charge in [-0.3, -0.25) is 4.98 Å². The van der Waals surface area contributed by atoms with Gasteiger partial charge in [-0.25, -0.2) is 14.2 Å². The molecule has 0 amide bonds. The Hall–Kier alpha value is -3.50. The molecule has 1 N–H and O–H groups in total. The average molecular weight is 492 g/mol. The third kappa shape index (κ3) is 3.73. The summed E-state index contributed by atoms with van der Waals surface area (Å²) in [7, 11) is 0. The summed E-state index contributed by atoms with van der Waals surface area (Å²) in [6, 6.07) is 4.24. The second kappa shape index (κ2) is 8.62. The van der Waals surface area contributed by atoms with Gasteiger partial charge in [-0.05, 0) is 26.8 Å². The first-order valence-electron chi connectivity index (χ1n) is 11.7. The monoisotopic (exact) mass is 491 g/mol. The lowest BCUT2D eigenvalue weighted by atomic mass is 10.1. The molecule has 4 aromatic rings. The zero-order valence-electron chi connectivity index (χ0n) is 19.8. The zero-order chi connectivity index (χ0) is 24.1. The van der Waals surface area contributed by atoms with Crippen LogP contribution in [0.5, 0.6) is 0 Å². The van der Waals surface area contributed by atoms with Gasteiger partial charge in [-0.2, -0.15) is 15.3 Å². The van der Waals surface area contributed by atoms with Gasteiger partial charge in [0, 0.05) is 42.6 Å². The van der Waals surface area contributed by atoms with Crippen molar-refractivity contribution in [2.45, 2.75) is 39.3 Å². The van der Waals surface area contributed by atoms with Crippen LogP contribution < -0.4 is 10.3 Å². The number of hydrogen-bond acceptors (Lipinski definition) is 8. The third-order valence-corrected chi connectivity index (χ3v) is 6.87. The number of halogens is 1. The van der Waals surface area contributed by atoms with Crippen LogP contribution in [-0.4, -0.2) is 61.4 Å². The second-order valence-corrected chi connectivity index (χ2v) is 9.44. The lowest BCUT2D eigenvalue weighted by Crippen LogP contribution is -2.44. The van der Waals surface area contributed by atoms with Gasteiger partial charge in [-0.15, -0.1) is 0 Å². The van der Waals surface area contributed by atoms with Gasteiger partial charge in [0.2, 0.25) is 0 Å². The quantitative estimate of drug-likeness (QED) is 0.466. The molecule has 0 saturated carbocycles. The Balaban J connectivity index is 1.56. The summed E-state index contributed by atoms with van der Waals surface area (Å²) in [5.41, 5.74) is 9.62. The van der Waals surface area contributed by atoms with Crippen LogP contribution in [0.4, 0.5) is 5.82 Å². The maximum atomic E-state index is 6.22. The van der Waals surface area contributed by atoms with Gasteiger partial charge >= 0.3 is 0 Å². The summed E-state index contributed by atoms with van der Waals surface area (Å²) < 4.78 is 9.48. The Morgan fingerprint density at radius 2 is 2.06 bits per heavy atom. The fourth-order valence-corrected chi connectivity index (χ4v) is 5.10. The molecule has 0 aliphatic carbocycles. The Kier molecular flexibility index (Phi) is 5.42. The minimum atomic E-state index is 0.0488. The number of nitrogens with one attached hydrogen (secondary N) is 1. The van der Waals surface area contributed by atoms with E-state index in [0.717, 1.165) is 58.3 Å². The van der Waals surface area contributed by atoms with Crippen molar-refractivity contribution in [1.29, 1.82) is 0 Å². The van der Waals surface area contributed by atoms with E-state index in [0.29, 0.717) is 18.2 Å². The lowest BCUT2D eigenvalue weighted by Gasteiger charge is -2.34. The number of ether oxygens (including phenoxy) is 1. The molecule has 2 unspecified atom stereocenters. The number of pyridine rings is 1. The van der Waals surface area contributed by atoms with E-state index < -0.39 is 0 Å². The van der Waals surface area contributed by atoms with E-state index in [4.69, 9.17) is 31.5 Å². The summed E-state index contributed by atoms with van der Waals surface area (Å²) in [6.45, 7) is 8.35. The van der Waals surface area contributed by atoms with Crippen molar-refractivity contribution in [3.63, 3.8) is 0 Å². The predicted octanol–water partition coefficient (Wildman–Crippen LogP) is 3.49. The van der Waals surface area contributed by atoms with Gasteiger partial charge in [0.1, 0.15) is 5.82 Å². The highest BCUT2D eigenvalue weighted by Gasteiger charge is 2.27. The van der Waals surface area contributed by atoms with E-state index >= 15 is 0 Å². The van der Waals surface area contributed by atoms with E-state index in [-0.39, 0.29) is 12.1 Å². The molecule has 0 radical (unpaired) electrons. The molecule has 6 rings (SSSR count). The zero-order valence-corrected chi connectivity index (χ0v) is 20.6. The molecule has 0 spiro atoms. The Morgan fingerprint density at radius 3 is 2.83 bits per heavy atom. The SMILES string of the molecule is Cc1nn(-c2cncc(Cl)c2)c(C)c1-c1cc(N2CCOCC2C)nc2c(C3CC=NN3)cnn12. The van der Waals surface area contributed by atoms with Crippen LogP contribution in [0.2, 0.25) is 5.02 Å². The Morgan fingerprint density at radius 1 is 1.17 bits per heavy atom. The number of aryl methyl sites for hydroxylation is 1. The van der Waals surface area contributed by atoms with Crippen LogP contribution >= 0.6 is 11.6 Å². The number of anilines is 1. The highest BCUT2D eigenvalue weighted by atomic mass is 35.5. The summed E-state index contributed by atoms with van der Waals surface area (Å²) in [5.74, 6) is 0.903. The van der Waals surface area contributed by atoms with Crippen LogP contribution in [0.15, 0.2) is 35.8 Å². The molecule has 0 bridgehead atoms. The number of fused-ring (bicyclic) bond motifs is 1. The fourth-order valence-electron chi connectivity index (χ4n) is 4.94. The molecular formula is C24H26ClN9O. The molecule has 11 heteroatoms. The molecule has 1 fully saturated rings. The minimum absolute atomic E-state index is 0.0488. The average Bonchev–Trinajstić information content (AvgIpc) is 3.58. The molecule has 10 nitrogen and oxygen atoms in total. The van der Waals surface area contributed by atoms with Crippen molar-refractivity contribution >= 4 is 29.3 Å². The molecule has 180 valence electrons. The smallest absolute Gasteiger partial charge is 0.163 e. The lowest BCUT2D eigenvalue weighted by molar-refractivity contribution is 0.0985. The summed E-state index contributed by atoms with van der Waals surface area (Å²) >= 11 is 6.22. The van der Waals surface area contributed by atoms with E-state index in [1.807, 2.05) is 34.6 Å². The van der Waals surface area contributed by atoms with Crippen LogP contribution in [-0.2, 0) is 4.74 Å². The second-order valence-electron chi connectivity index (χ2n) is 9.00. The largest absolute Gasteiger partial charge is 0.377 e. The first kappa shape index (κ1) is 22.0. The maximum Gasteiger partial charge on any atom is 0.163 e. The molecule has 2 aliphatic heterocycles. The molecule has 0 aromatic carbocycles.